The van der Waals surface area contributed by atoms with Gasteiger partial charge in [-0.15, -0.1) is 0 Å². The molecule has 0 radical (unpaired) electrons. The van der Waals surface area contributed by atoms with E-state index in [9.17, 15) is 4.79 Å². The van der Waals surface area contributed by atoms with Crippen molar-refractivity contribution in [2.24, 2.45) is 0 Å². The fourth-order valence-electron chi connectivity index (χ4n) is 5.91. The second-order valence-corrected chi connectivity index (χ2v) is 9.49. The number of fused-ring (bicyclic) bond motifs is 2. The lowest BCUT2D eigenvalue weighted by Gasteiger charge is -2.44. The zero-order valence-corrected chi connectivity index (χ0v) is 20.3. The molecule has 1 unspecified atom stereocenters. The van der Waals surface area contributed by atoms with Gasteiger partial charge in [-0.2, -0.15) is 0 Å². The molecular formula is C29H35N3O2. The van der Waals surface area contributed by atoms with Crippen LogP contribution in [0, 0.1) is 0 Å². The van der Waals surface area contributed by atoms with Crippen LogP contribution in [-0.4, -0.2) is 46.9 Å². The van der Waals surface area contributed by atoms with Crippen molar-refractivity contribution < 1.29 is 9.21 Å². The summed E-state index contributed by atoms with van der Waals surface area (Å²) < 4.78 is 5.65. The van der Waals surface area contributed by atoms with Crippen molar-refractivity contribution in [1.82, 2.24) is 9.80 Å². The van der Waals surface area contributed by atoms with Crippen molar-refractivity contribution in [3.63, 3.8) is 0 Å². The first kappa shape index (κ1) is 22.7. The molecule has 0 spiro atoms. The number of furan rings is 1. The van der Waals surface area contributed by atoms with Gasteiger partial charge in [-0.3, -0.25) is 9.69 Å². The number of carbonyl (C=O) groups excluding carboxylic acids is 1. The second kappa shape index (κ2) is 10.1. The predicted octanol–water partition coefficient (Wildman–Crippen LogP) is 6.10. The van der Waals surface area contributed by atoms with Crippen molar-refractivity contribution in [2.45, 2.75) is 64.2 Å². The van der Waals surface area contributed by atoms with Crippen LogP contribution in [0.5, 0.6) is 0 Å². The molecule has 0 N–H and O–H groups in total. The van der Waals surface area contributed by atoms with Gasteiger partial charge in [0.05, 0.1) is 12.8 Å². The smallest absolute Gasteiger partial charge is 0.253 e. The first-order valence-electron chi connectivity index (χ1n) is 12.7. The molecule has 2 bridgehead atoms. The average molecular weight is 458 g/mol. The lowest BCUT2D eigenvalue weighted by molar-refractivity contribution is 0.0773. The Hall–Kier alpha value is -3.05. The molecule has 2 aliphatic heterocycles. The largest absolute Gasteiger partial charge is 0.468 e. The van der Waals surface area contributed by atoms with Gasteiger partial charge < -0.3 is 14.2 Å². The number of amides is 1. The summed E-state index contributed by atoms with van der Waals surface area (Å²) in [4.78, 5) is 19.8. The third-order valence-corrected chi connectivity index (χ3v) is 7.62. The molecule has 0 saturated carbocycles. The summed E-state index contributed by atoms with van der Waals surface area (Å²) in [5, 5.41) is 0. The zero-order chi connectivity index (χ0) is 23.5. The number of hydrogen-bond acceptors (Lipinski definition) is 4. The molecule has 34 heavy (non-hydrogen) atoms. The average Bonchev–Trinajstić information content (AvgIpc) is 3.46. The Morgan fingerprint density at radius 2 is 1.53 bits per heavy atom. The van der Waals surface area contributed by atoms with Gasteiger partial charge >= 0.3 is 0 Å². The number of hydrogen-bond donors (Lipinski definition) is 0. The normalized spacial score (nSPS) is 22.0. The Balaban J connectivity index is 1.39. The highest BCUT2D eigenvalue weighted by Gasteiger charge is 2.43. The number of piperidine rings is 1. The van der Waals surface area contributed by atoms with E-state index >= 15 is 0 Å². The van der Waals surface area contributed by atoms with E-state index in [1.807, 2.05) is 36.9 Å². The Bertz CT molecular complexity index is 1050. The van der Waals surface area contributed by atoms with Crippen molar-refractivity contribution in [3.05, 3.63) is 84.3 Å². The third kappa shape index (κ3) is 4.49. The van der Waals surface area contributed by atoms with Crippen LogP contribution < -0.4 is 4.90 Å². The summed E-state index contributed by atoms with van der Waals surface area (Å²) in [6, 6.07) is 24.6. The molecule has 2 saturated heterocycles. The minimum Gasteiger partial charge on any atom is -0.468 e. The highest BCUT2D eigenvalue weighted by Crippen LogP contribution is 2.42. The molecule has 3 aromatic rings. The highest BCUT2D eigenvalue weighted by molar-refractivity contribution is 5.94. The third-order valence-electron chi connectivity index (χ3n) is 7.62. The monoisotopic (exact) mass is 457 g/mol. The molecule has 178 valence electrons. The molecule has 3 atom stereocenters. The summed E-state index contributed by atoms with van der Waals surface area (Å²) in [5.74, 6) is 1.16. The van der Waals surface area contributed by atoms with Crippen LogP contribution >= 0.6 is 0 Å². The van der Waals surface area contributed by atoms with Crippen LogP contribution in [0.4, 0.5) is 11.4 Å². The Morgan fingerprint density at radius 3 is 2.12 bits per heavy atom. The van der Waals surface area contributed by atoms with Crippen LogP contribution in [0.15, 0.2) is 77.4 Å². The van der Waals surface area contributed by atoms with E-state index < -0.39 is 0 Å². The van der Waals surface area contributed by atoms with Crippen LogP contribution in [0.2, 0.25) is 0 Å². The minimum absolute atomic E-state index is 0.104. The van der Waals surface area contributed by atoms with Gasteiger partial charge in [0.15, 0.2) is 0 Å². The fraction of sp³-hybridized carbons (Fsp3) is 0.414. The van der Waals surface area contributed by atoms with E-state index in [-0.39, 0.29) is 5.91 Å². The predicted molar refractivity (Wildman–Crippen MR) is 136 cm³/mol. The van der Waals surface area contributed by atoms with E-state index in [1.165, 1.54) is 18.5 Å². The van der Waals surface area contributed by atoms with E-state index in [0.29, 0.717) is 18.1 Å². The summed E-state index contributed by atoms with van der Waals surface area (Å²) in [5.41, 5.74) is 3.13. The topological polar surface area (TPSA) is 39.9 Å². The minimum atomic E-state index is 0.104. The first-order chi connectivity index (χ1) is 16.7. The van der Waals surface area contributed by atoms with E-state index in [1.54, 1.807) is 6.26 Å². The van der Waals surface area contributed by atoms with E-state index in [2.05, 4.69) is 58.3 Å². The van der Waals surface area contributed by atoms with Crippen LogP contribution in [0.25, 0.3) is 0 Å². The van der Waals surface area contributed by atoms with Crippen LogP contribution in [0.1, 0.15) is 55.6 Å². The molecule has 2 fully saturated rings. The van der Waals surface area contributed by atoms with E-state index in [0.717, 1.165) is 49.5 Å². The molecule has 0 aliphatic carbocycles. The fourth-order valence-corrected chi connectivity index (χ4v) is 5.91. The quantitative estimate of drug-likeness (QED) is 0.410. The number of para-hydroxylation sites is 1. The maximum Gasteiger partial charge on any atom is 0.253 e. The maximum absolute atomic E-state index is 12.8. The molecule has 5 rings (SSSR count). The first-order valence-corrected chi connectivity index (χ1v) is 12.7. The lowest BCUT2D eigenvalue weighted by Crippen LogP contribution is -2.49. The van der Waals surface area contributed by atoms with Crippen molar-refractivity contribution >= 4 is 17.3 Å². The summed E-state index contributed by atoms with van der Waals surface area (Å²) in [6.07, 6.45) is 6.54. The van der Waals surface area contributed by atoms with Crippen molar-refractivity contribution in [2.75, 3.05) is 18.0 Å². The maximum atomic E-state index is 12.8. The summed E-state index contributed by atoms with van der Waals surface area (Å²) >= 11 is 0. The zero-order valence-electron chi connectivity index (χ0n) is 20.3. The Labute approximate surface area is 203 Å². The Kier molecular flexibility index (Phi) is 6.73. The van der Waals surface area contributed by atoms with Gasteiger partial charge in [-0.05, 0) is 88.1 Å². The summed E-state index contributed by atoms with van der Waals surface area (Å²) in [6.45, 7) is 6.42. The second-order valence-electron chi connectivity index (χ2n) is 9.49. The van der Waals surface area contributed by atoms with Crippen molar-refractivity contribution in [3.8, 4) is 0 Å². The molecule has 2 aromatic carbocycles. The molecular weight excluding hydrogens is 422 g/mol. The van der Waals surface area contributed by atoms with Gasteiger partial charge in [-0.1, -0.05) is 18.2 Å². The molecule has 2 aliphatic rings. The highest BCUT2D eigenvalue weighted by atomic mass is 16.3. The van der Waals surface area contributed by atoms with E-state index in [4.69, 9.17) is 4.42 Å². The van der Waals surface area contributed by atoms with Gasteiger partial charge in [0.25, 0.3) is 5.91 Å². The van der Waals surface area contributed by atoms with Crippen LogP contribution in [0.3, 0.4) is 0 Å². The number of nitrogens with zero attached hydrogens (tertiary/aromatic N) is 3. The molecule has 3 heterocycles. The standard InChI is InChI=1S/C29H35N3O2/c1-3-30(4-2)29(33)22-12-14-24(15-13-22)32(23-9-6-5-7-10-23)27-19-25-16-17-26(20-27)31(25)21-28-11-8-18-34-28/h5-15,18,25-27H,3-4,16-17,19-21H2,1-2H3/t25-,26+,27?. The number of benzene rings is 2. The molecule has 1 aromatic heterocycles. The Morgan fingerprint density at radius 1 is 0.882 bits per heavy atom. The SMILES string of the molecule is CCN(CC)C(=O)c1ccc(N(c2ccccc2)C2C[C@H]3CC[C@@H](C2)N3Cc2ccco2)cc1. The van der Waals surface area contributed by atoms with Gasteiger partial charge in [0.2, 0.25) is 0 Å². The number of anilines is 2. The van der Waals surface area contributed by atoms with Gasteiger partial charge in [0.1, 0.15) is 5.76 Å². The van der Waals surface area contributed by atoms with Gasteiger partial charge in [0, 0.05) is 48.2 Å². The number of rotatable bonds is 8. The molecule has 5 nitrogen and oxygen atoms in total. The van der Waals surface area contributed by atoms with Crippen LogP contribution in [-0.2, 0) is 6.54 Å². The molecule has 5 heteroatoms. The van der Waals surface area contributed by atoms with Crippen molar-refractivity contribution in [1.29, 1.82) is 0 Å². The summed E-state index contributed by atoms with van der Waals surface area (Å²) in [7, 11) is 0. The van der Waals surface area contributed by atoms with Gasteiger partial charge in [-0.25, -0.2) is 0 Å². The lowest BCUT2D eigenvalue weighted by atomic mass is 9.94. The number of carbonyl (C=O) groups is 1. The molecule has 1 amide bonds.